The van der Waals surface area contributed by atoms with Gasteiger partial charge in [0.15, 0.2) is 0 Å². The molecule has 2 aliphatic heterocycles. The summed E-state index contributed by atoms with van der Waals surface area (Å²) in [6, 6.07) is 0.700. The SMILES string of the molecule is CN1CCCCC1CNCCC1CCN(C(=O)OC(C)(C)C)C1. The maximum Gasteiger partial charge on any atom is 0.410 e. The Morgan fingerprint density at radius 2 is 2.00 bits per heavy atom. The summed E-state index contributed by atoms with van der Waals surface area (Å²) < 4.78 is 5.45. The molecule has 2 aliphatic rings. The molecule has 2 rings (SSSR count). The van der Waals surface area contributed by atoms with Gasteiger partial charge in [-0.15, -0.1) is 0 Å². The number of carbonyl (C=O) groups is 1. The highest BCUT2D eigenvalue weighted by Crippen LogP contribution is 2.21. The summed E-state index contributed by atoms with van der Waals surface area (Å²) >= 11 is 0. The molecule has 0 radical (unpaired) electrons. The lowest BCUT2D eigenvalue weighted by Gasteiger charge is -2.32. The van der Waals surface area contributed by atoms with Crippen LogP contribution in [-0.2, 0) is 4.74 Å². The second-order valence-corrected chi connectivity index (χ2v) is 8.20. The Kier molecular flexibility index (Phi) is 6.72. The van der Waals surface area contributed by atoms with Gasteiger partial charge in [0.25, 0.3) is 0 Å². The van der Waals surface area contributed by atoms with Crippen LogP contribution in [0.5, 0.6) is 0 Å². The van der Waals surface area contributed by atoms with Crippen LogP contribution < -0.4 is 5.32 Å². The number of piperidine rings is 1. The number of nitrogens with one attached hydrogen (secondary N) is 1. The van der Waals surface area contributed by atoms with E-state index in [4.69, 9.17) is 4.74 Å². The van der Waals surface area contributed by atoms with E-state index in [1.165, 1.54) is 25.8 Å². The zero-order valence-corrected chi connectivity index (χ0v) is 15.4. The quantitative estimate of drug-likeness (QED) is 0.790. The molecule has 0 aliphatic carbocycles. The van der Waals surface area contributed by atoms with Crippen LogP contribution in [-0.4, -0.2) is 67.3 Å². The molecule has 0 bridgehead atoms. The second-order valence-electron chi connectivity index (χ2n) is 8.20. The summed E-state index contributed by atoms with van der Waals surface area (Å²) in [5.41, 5.74) is -0.400. The molecule has 2 atom stereocenters. The fourth-order valence-corrected chi connectivity index (χ4v) is 3.54. The van der Waals surface area contributed by atoms with E-state index >= 15 is 0 Å². The highest BCUT2D eigenvalue weighted by molar-refractivity contribution is 5.68. The summed E-state index contributed by atoms with van der Waals surface area (Å²) in [6.07, 6.45) is 6.12. The predicted octanol–water partition coefficient (Wildman–Crippen LogP) is 2.71. The van der Waals surface area contributed by atoms with Gasteiger partial charge >= 0.3 is 6.09 Å². The molecule has 0 spiro atoms. The Balaban J connectivity index is 1.59. The van der Waals surface area contributed by atoms with Crippen molar-refractivity contribution in [2.45, 2.75) is 64.5 Å². The molecule has 0 aromatic carbocycles. The Hall–Kier alpha value is -0.810. The topological polar surface area (TPSA) is 44.8 Å². The summed E-state index contributed by atoms with van der Waals surface area (Å²) in [7, 11) is 2.24. The van der Waals surface area contributed by atoms with E-state index in [-0.39, 0.29) is 6.09 Å². The number of likely N-dealkylation sites (N-methyl/N-ethyl adjacent to an activating group) is 1. The third kappa shape index (κ3) is 6.30. The first-order valence-corrected chi connectivity index (χ1v) is 9.24. The van der Waals surface area contributed by atoms with Crippen molar-refractivity contribution >= 4 is 6.09 Å². The first-order chi connectivity index (χ1) is 10.8. The van der Waals surface area contributed by atoms with E-state index in [1.807, 2.05) is 25.7 Å². The molecule has 2 unspecified atom stereocenters. The maximum atomic E-state index is 12.1. The lowest BCUT2D eigenvalue weighted by atomic mass is 10.0. The fraction of sp³-hybridized carbons (Fsp3) is 0.944. The standard InChI is InChI=1S/C18H35N3O2/c1-18(2,3)23-17(22)21-12-9-15(14-21)8-10-19-13-16-7-5-6-11-20(16)4/h15-16,19H,5-14H2,1-4H3. The van der Waals surface area contributed by atoms with Crippen LogP contribution in [0.25, 0.3) is 0 Å². The lowest BCUT2D eigenvalue weighted by molar-refractivity contribution is 0.0287. The van der Waals surface area contributed by atoms with E-state index in [1.54, 1.807) is 0 Å². The van der Waals surface area contributed by atoms with Crippen molar-refractivity contribution < 1.29 is 9.53 Å². The number of nitrogens with zero attached hydrogens (tertiary/aromatic N) is 2. The predicted molar refractivity (Wildman–Crippen MR) is 93.7 cm³/mol. The number of carbonyl (C=O) groups excluding carboxylic acids is 1. The number of hydrogen-bond donors (Lipinski definition) is 1. The Labute approximate surface area is 141 Å². The zero-order chi connectivity index (χ0) is 16.9. The van der Waals surface area contributed by atoms with Crippen molar-refractivity contribution in [3.05, 3.63) is 0 Å². The van der Waals surface area contributed by atoms with Gasteiger partial charge in [-0.1, -0.05) is 6.42 Å². The third-order valence-corrected chi connectivity index (χ3v) is 4.97. The molecule has 5 heteroatoms. The molecule has 2 fully saturated rings. The minimum Gasteiger partial charge on any atom is -0.444 e. The molecule has 1 amide bonds. The van der Waals surface area contributed by atoms with Crippen LogP contribution >= 0.6 is 0 Å². The maximum absolute atomic E-state index is 12.1. The highest BCUT2D eigenvalue weighted by atomic mass is 16.6. The molecule has 23 heavy (non-hydrogen) atoms. The second kappa shape index (κ2) is 8.34. The summed E-state index contributed by atoms with van der Waals surface area (Å²) in [5, 5.41) is 3.62. The fourth-order valence-electron chi connectivity index (χ4n) is 3.54. The highest BCUT2D eigenvalue weighted by Gasteiger charge is 2.29. The van der Waals surface area contributed by atoms with Gasteiger partial charge < -0.3 is 19.9 Å². The molecule has 0 aromatic heterocycles. The van der Waals surface area contributed by atoms with Crippen molar-refractivity contribution in [1.29, 1.82) is 0 Å². The average molecular weight is 325 g/mol. The Bertz CT molecular complexity index is 381. The van der Waals surface area contributed by atoms with E-state index in [9.17, 15) is 4.79 Å². The van der Waals surface area contributed by atoms with Crippen molar-refractivity contribution in [3.8, 4) is 0 Å². The van der Waals surface area contributed by atoms with Gasteiger partial charge in [0.1, 0.15) is 5.60 Å². The third-order valence-electron chi connectivity index (χ3n) is 4.97. The van der Waals surface area contributed by atoms with Crippen LogP contribution in [0.4, 0.5) is 4.79 Å². The van der Waals surface area contributed by atoms with Crippen molar-refractivity contribution in [2.75, 3.05) is 39.8 Å². The zero-order valence-electron chi connectivity index (χ0n) is 15.4. The molecular formula is C18H35N3O2. The number of ether oxygens (including phenoxy) is 1. The minimum atomic E-state index is -0.400. The molecule has 0 saturated carbocycles. The molecule has 1 N–H and O–H groups in total. The van der Waals surface area contributed by atoms with Gasteiger partial charge in [-0.2, -0.15) is 0 Å². The summed E-state index contributed by atoms with van der Waals surface area (Å²) in [6.45, 7) is 10.8. The van der Waals surface area contributed by atoms with Crippen molar-refractivity contribution in [3.63, 3.8) is 0 Å². The average Bonchev–Trinajstić information content (AvgIpc) is 2.92. The summed E-state index contributed by atoms with van der Waals surface area (Å²) in [5.74, 6) is 0.610. The molecule has 0 aromatic rings. The first-order valence-electron chi connectivity index (χ1n) is 9.24. The van der Waals surface area contributed by atoms with Gasteiger partial charge in [0.05, 0.1) is 0 Å². The minimum absolute atomic E-state index is 0.156. The molecule has 134 valence electrons. The van der Waals surface area contributed by atoms with Crippen LogP contribution in [0.3, 0.4) is 0 Å². The van der Waals surface area contributed by atoms with E-state index < -0.39 is 5.60 Å². The smallest absolute Gasteiger partial charge is 0.410 e. The monoisotopic (exact) mass is 325 g/mol. The Morgan fingerprint density at radius 3 is 2.70 bits per heavy atom. The van der Waals surface area contributed by atoms with Gasteiger partial charge in [0.2, 0.25) is 0 Å². The largest absolute Gasteiger partial charge is 0.444 e. The van der Waals surface area contributed by atoms with Crippen molar-refractivity contribution in [2.24, 2.45) is 5.92 Å². The van der Waals surface area contributed by atoms with E-state index in [0.717, 1.165) is 39.0 Å². The number of rotatable bonds is 5. The van der Waals surface area contributed by atoms with Crippen LogP contribution in [0, 0.1) is 5.92 Å². The Morgan fingerprint density at radius 1 is 1.22 bits per heavy atom. The summed E-state index contributed by atoms with van der Waals surface area (Å²) in [4.78, 5) is 16.4. The molecule has 2 heterocycles. The molecule has 5 nitrogen and oxygen atoms in total. The van der Waals surface area contributed by atoms with Crippen LogP contribution in [0.2, 0.25) is 0 Å². The van der Waals surface area contributed by atoms with E-state index in [0.29, 0.717) is 12.0 Å². The van der Waals surface area contributed by atoms with Gasteiger partial charge in [-0.25, -0.2) is 4.79 Å². The van der Waals surface area contributed by atoms with Gasteiger partial charge in [0, 0.05) is 25.7 Å². The normalized spacial score (nSPS) is 26.5. The number of amides is 1. The molecule has 2 saturated heterocycles. The number of hydrogen-bond acceptors (Lipinski definition) is 4. The van der Waals surface area contributed by atoms with Crippen molar-refractivity contribution in [1.82, 2.24) is 15.1 Å². The van der Waals surface area contributed by atoms with Gasteiger partial charge in [-0.3, -0.25) is 0 Å². The lowest BCUT2D eigenvalue weighted by Crippen LogP contribution is -2.43. The van der Waals surface area contributed by atoms with Crippen LogP contribution in [0.1, 0.15) is 52.9 Å². The number of likely N-dealkylation sites (tertiary alicyclic amines) is 2. The van der Waals surface area contributed by atoms with Crippen LogP contribution in [0.15, 0.2) is 0 Å². The molecular weight excluding hydrogens is 290 g/mol. The van der Waals surface area contributed by atoms with E-state index in [2.05, 4.69) is 17.3 Å². The first kappa shape index (κ1) is 18.5. The van der Waals surface area contributed by atoms with Gasteiger partial charge in [-0.05, 0) is 72.5 Å².